The lowest BCUT2D eigenvalue weighted by Crippen LogP contribution is -1.91. The Labute approximate surface area is 563 Å². The van der Waals surface area contributed by atoms with Crippen molar-refractivity contribution >= 4 is 87.2 Å². The van der Waals surface area contributed by atoms with Crippen molar-refractivity contribution in [1.29, 1.82) is 0 Å². The van der Waals surface area contributed by atoms with E-state index in [0.717, 1.165) is 163 Å². The molecule has 0 aliphatic carbocycles. The first-order valence-electron chi connectivity index (χ1n) is 34.3. The summed E-state index contributed by atoms with van der Waals surface area (Å²) in [5.41, 5.74) is 26.7. The molecule has 0 aliphatic heterocycles. The molecule has 16 rings (SSSR count). The molecular weight excluding hydrogens is 1170 g/mol. The summed E-state index contributed by atoms with van der Waals surface area (Å²) in [7, 11) is 0. The summed E-state index contributed by atoms with van der Waals surface area (Å²) in [6.07, 6.45) is 7.91. The van der Waals surface area contributed by atoms with Gasteiger partial charge in [0.25, 0.3) is 0 Å². The number of para-hydroxylation sites is 1. The highest BCUT2D eigenvalue weighted by atomic mass is 14.7. The molecule has 8 heterocycles. The van der Waals surface area contributed by atoms with Crippen LogP contribution in [0.25, 0.3) is 132 Å². The molecule has 8 nitrogen and oxygen atoms in total. The van der Waals surface area contributed by atoms with E-state index in [1.807, 2.05) is 0 Å². The van der Waals surface area contributed by atoms with E-state index in [0.29, 0.717) is 0 Å². The third kappa shape index (κ3) is 14.1. The van der Waals surface area contributed by atoms with Crippen LogP contribution >= 0.6 is 0 Å². The molecule has 0 bridgehead atoms. The van der Waals surface area contributed by atoms with Gasteiger partial charge in [0.15, 0.2) is 0 Å². The number of rotatable bonds is 12. The molecule has 8 heteroatoms. The molecule has 0 N–H and O–H groups in total. The van der Waals surface area contributed by atoms with Gasteiger partial charge in [0.1, 0.15) is 0 Å². The Bertz CT molecular complexity index is 5280. The van der Waals surface area contributed by atoms with Gasteiger partial charge in [0, 0.05) is 88.1 Å². The maximum atomic E-state index is 4.94. The molecule has 0 amide bonds. The molecule has 0 spiro atoms. The van der Waals surface area contributed by atoms with Crippen LogP contribution in [-0.4, -0.2) is 39.9 Å². The van der Waals surface area contributed by atoms with Crippen molar-refractivity contribution in [2.24, 2.45) is 0 Å². The Kier molecular flexibility index (Phi) is 19.4. The predicted molar refractivity (Wildman–Crippen MR) is 405 cm³/mol. The average Bonchev–Trinajstić information content (AvgIpc) is 0.876. The zero-order valence-corrected chi connectivity index (χ0v) is 56.3. The SMILES string of the molecule is CCc1ccc2ccc(-c3ccc4c(CC)cccc4n3)cc2n1.CCc1ccc2ccc(-c3ccc4ccc(CC)nc4c3)nc2c1.CCc1ccc2ccc(-c3ccc4cccc(CC)c4n3)cc2n1.CCc1ccc2nc(-c3ccc4ccc(CC)nc4c3)ccc2c1. The monoisotopic (exact) mass is 1250 g/mol. The molecule has 96 heavy (non-hydrogen) atoms. The summed E-state index contributed by atoms with van der Waals surface area (Å²) >= 11 is 0. The van der Waals surface area contributed by atoms with E-state index in [2.05, 4.69) is 298 Å². The molecule has 0 fully saturated rings. The van der Waals surface area contributed by atoms with Crippen molar-refractivity contribution in [3.8, 4) is 45.0 Å². The van der Waals surface area contributed by atoms with Crippen LogP contribution < -0.4 is 0 Å². The van der Waals surface area contributed by atoms with Crippen molar-refractivity contribution in [2.45, 2.75) is 107 Å². The van der Waals surface area contributed by atoms with E-state index >= 15 is 0 Å². The minimum Gasteiger partial charge on any atom is -0.253 e. The second-order valence-electron chi connectivity index (χ2n) is 24.5. The number of benzene rings is 8. The van der Waals surface area contributed by atoms with Gasteiger partial charge < -0.3 is 0 Å². The smallest absolute Gasteiger partial charge is 0.0741 e. The number of aromatic nitrogens is 8. The zero-order valence-electron chi connectivity index (χ0n) is 56.3. The summed E-state index contributed by atoms with van der Waals surface area (Å²) in [5.74, 6) is 0. The Balaban J connectivity index is 0.000000116. The maximum Gasteiger partial charge on any atom is 0.0741 e. The molecule has 16 aromatic rings. The van der Waals surface area contributed by atoms with E-state index in [9.17, 15) is 0 Å². The summed E-state index contributed by atoms with van der Waals surface area (Å²) in [5, 5.41) is 9.51. The minimum atomic E-state index is 0.953. The quantitative estimate of drug-likeness (QED) is 0.119. The van der Waals surface area contributed by atoms with Crippen molar-refractivity contribution < 1.29 is 0 Å². The topological polar surface area (TPSA) is 103 Å². The Morgan fingerprint density at radius 2 is 0.562 bits per heavy atom. The molecule has 0 saturated carbocycles. The van der Waals surface area contributed by atoms with Crippen molar-refractivity contribution in [3.63, 3.8) is 0 Å². The highest BCUT2D eigenvalue weighted by molar-refractivity contribution is 5.92. The highest BCUT2D eigenvalue weighted by Gasteiger charge is 2.12. The summed E-state index contributed by atoms with van der Waals surface area (Å²) in [6.45, 7) is 17.2. The summed E-state index contributed by atoms with van der Waals surface area (Å²) in [4.78, 5) is 38.5. The van der Waals surface area contributed by atoms with E-state index < -0.39 is 0 Å². The lowest BCUT2D eigenvalue weighted by molar-refractivity contribution is 1.06. The van der Waals surface area contributed by atoms with Crippen LogP contribution in [-0.2, 0) is 51.4 Å². The average molecular weight is 1250 g/mol. The zero-order chi connectivity index (χ0) is 66.1. The van der Waals surface area contributed by atoms with E-state index in [4.69, 9.17) is 39.9 Å². The van der Waals surface area contributed by atoms with Crippen LogP contribution in [0, 0.1) is 0 Å². The number of pyridine rings is 8. The van der Waals surface area contributed by atoms with E-state index in [-0.39, 0.29) is 0 Å². The summed E-state index contributed by atoms with van der Waals surface area (Å²) in [6, 6.07) is 85.5. The van der Waals surface area contributed by atoms with E-state index in [1.54, 1.807) is 0 Å². The molecule has 0 unspecified atom stereocenters. The van der Waals surface area contributed by atoms with E-state index in [1.165, 1.54) is 65.3 Å². The van der Waals surface area contributed by atoms with Crippen molar-refractivity contribution in [1.82, 2.24) is 39.9 Å². The van der Waals surface area contributed by atoms with Gasteiger partial charge in [-0.2, -0.15) is 0 Å². The van der Waals surface area contributed by atoms with Gasteiger partial charge in [-0.25, -0.2) is 19.9 Å². The Hall–Kier alpha value is -11.0. The third-order valence-electron chi connectivity index (χ3n) is 18.3. The van der Waals surface area contributed by atoms with Crippen LogP contribution in [0.15, 0.2) is 243 Å². The van der Waals surface area contributed by atoms with Gasteiger partial charge in [-0.15, -0.1) is 0 Å². The molecule has 472 valence electrons. The molecule has 0 aliphatic rings. The minimum absolute atomic E-state index is 0.953. The number of nitrogens with zero attached hydrogens (tertiary/aromatic N) is 8. The van der Waals surface area contributed by atoms with Gasteiger partial charge in [0.2, 0.25) is 0 Å². The van der Waals surface area contributed by atoms with Gasteiger partial charge in [0.05, 0.1) is 66.9 Å². The standard InChI is InChI=1S/4C22H20N2/c1-3-15-5-11-20-17(13-15)9-12-21(24-20)18-7-6-16-8-10-19(4-2)23-22(16)14-18;1-3-15-5-6-16-10-12-20(24-21(16)13-15)18-8-7-17-9-11-19(4-2)23-22(17)14-18;1-3-15-6-5-7-17-11-13-20(24-22(15)17)18-9-8-16-10-12-19(4-2)23-21(16)14-18;1-3-15-6-5-7-21-19(15)12-13-20(24-21)17-9-8-16-10-11-18(4-2)23-22(16)14-17/h4*5-14H,3-4H2,1-2H3. The van der Waals surface area contributed by atoms with Gasteiger partial charge >= 0.3 is 0 Å². The number of aryl methyl sites for hydroxylation is 8. The Morgan fingerprint density at radius 3 is 1.03 bits per heavy atom. The van der Waals surface area contributed by atoms with Crippen LogP contribution in [0.3, 0.4) is 0 Å². The van der Waals surface area contributed by atoms with Gasteiger partial charge in [-0.3, -0.25) is 19.9 Å². The second kappa shape index (κ2) is 29.1. The van der Waals surface area contributed by atoms with Crippen molar-refractivity contribution in [3.05, 3.63) is 288 Å². The number of fused-ring (bicyclic) bond motifs is 8. The molecule has 0 saturated heterocycles. The second-order valence-corrected chi connectivity index (χ2v) is 24.5. The van der Waals surface area contributed by atoms with Gasteiger partial charge in [-0.1, -0.05) is 201 Å². The molecule has 8 aromatic carbocycles. The Morgan fingerprint density at radius 1 is 0.208 bits per heavy atom. The highest BCUT2D eigenvalue weighted by Crippen LogP contribution is 2.31. The molecular formula is C88H80N8. The number of hydrogen-bond acceptors (Lipinski definition) is 8. The van der Waals surface area contributed by atoms with Crippen LogP contribution in [0.2, 0.25) is 0 Å². The third-order valence-corrected chi connectivity index (χ3v) is 18.3. The van der Waals surface area contributed by atoms with Crippen LogP contribution in [0.5, 0.6) is 0 Å². The molecule has 0 radical (unpaired) electrons. The largest absolute Gasteiger partial charge is 0.253 e. The fourth-order valence-corrected chi connectivity index (χ4v) is 12.5. The van der Waals surface area contributed by atoms with Gasteiger partial charge in [-0.05, 0) is 171 Å². The lowest BCUT2D eigenvalue weighted by atomic mass is 10.0. The summed E-state index contributed by atoms with van der Waals surface area (Å²) < 4.78 is 0. The maximum absolute atomic E-state index is 4.94. The lowest BCUT2D eigenvalue weighted by Gasteiger charge is -2.08. The van der Waals surface area contributed by atoms with Crippen LogP contribution in [0.1, 0.15) is 100 Å². The molecule has 0 atom stereocenters. The van der Waals surface area contributed by atoms with Crippen LogP contribution in [0.4, 0.5) is 0 Å². The first kappa shape index (κ1) is 63.8. The first-order valence-corrected chi connectivity index (χ1v) is 34.3. The fraction of sp³-hybridized carbons (Fsp3) is 0.182. The molecule has 8 aromatic heterocycles. The predicted octanol–water partition coefficient (Wildman–Crippen LogP) is 22.3. The number of hydrogen-bond donors (Lipinski definition) is 0. The van der Waals surface area contributed by atoms with Crippen molar-refractivity contribution in [2.75, 3.05) is 0 Å². The normalized spacial score (nSPS) is 11.2. The first-order chi connectivity index (χ1) is 47.1. The fourth-order valence-electron chi connectivity index (χ4n) is 12.5.